The van der Waals surface area contributed by atoms with Gasteiger partial charge in [0, 0.05) is 17.2 Å². The van der Waals surface area contributed by atoms with Gasteiger partial charge in [-0.15, -0.1) is 0 Å². The zero-order valence-corrected chi connectivity index (χ0v) is 19.3. The number of pyridine rings is 1. The van der Waals surface area contributed by atoms with E-state index in [0.29, 0.717) is 22.8 Å². The number of halogens is 9. The van der Waals surface area contributed by atoms with Gasteiger partial charge in [0.2, 0.25) is 0 Å². The van der Waals surface area contributed by atoms with E-state index in [2.05, 4.69) is 0 Å². The van der Waals surface area contributed by atoms with Gasteiger partial charge in [0.15, 0.2) is 5.76 Å². The third-order valence-corrected chi connectivity index (χ3v) is 5.81. The summed E-state index contributed by atoms with van der Waals surface area (Å²) in [5, 5.41) is 9.10. The van der Waals surface area contributed by atoms with E-state index in [1.165, 1.54) is 6.07 Å². The largest absolute Gasteiger partial charge is 0.454 e. The average molecular weight is 559 g/mol. The first-order chi connectivity index (χ1) is 17.7. The molecular weight excluding hydrogens is 548 g/mol. The fraction of sp³-hybridized carbons (Fsp3) is 0.120. The molecule has 2 heterocycles. The molecule has 0 spiro atoms. The van der Waals surface area contributed by atoms with Crippen molar-refractivity contribution in [2.45, 2.75) is 18.9 Å². The van der Waals surface area contributed by atoms with Crippen molar-refractivity contribution in [3.8, 4) is 28.8 Å². The summed E-state index contributed by atoms with van der Waals surface area (Å²) in [6.45, 7) is -0.729. The van der Waals surface area contributed by atoms with Crippen molar-refractivity contribution in [2.24, 2.45) is 0 Å². The first kappa shape index (κ1) is 26.9. The van der Waals surface area contributed by atoms with Crippen LogP contribution in [0.3, 0.4) is 0 Å². The van der Waals surface area contributed by atoms with Gasteiger partial charge in [-0.1, -0.05) is 17.7 Å². The van der Waals surface area contributed by atoms with Gasteiger partial charge in [-0.2, -0.15) is 31.6 Å². The first-order valence-electron chi connectivity index (χ1n) is 10.4. The predicted molar refractivity (Wildman–Crippen MR) is 119 cm³/mol. The van der Waals surface area contributed by atoms with Crippen molar-refractivity contribution >= 4 is 11.6 Å². The normalized spacial score (nSPS) is 12.0. The number of hydrogen-bond acceptors (Lipinski definition) is 3. The number of hydrogen-bond donors (Lipinski definition) is 0. The molecule has 0 atom stereocenters. The molecule has 0 saturated carbocycles. The summed E-state index contributed by atoms with van der Waals surface area (Å²) in [5.74, 6) is -2.76. The third-order valence-electron chi connectivity index (χ3n) is 5.48. The van der Waals surface area contributed by atoms with Gasteiger partial charge in [0.1, 0.15) is 29.0 Å². The maximum Gasteiger partial charge on any atom is 0.417 e. The van der Waals surface area contributed by atoms with Crippen molar-refractivity contribution in [1.29, 1.82) is 5.26 Å². The van der Waals surface area contributed by atoms with Crippen molar-refractivity contribution in [1.82, 2.24) is 4.57 Å². The fourth-order valence-corrected chi connectivity index (χ4v) is 3.88. The molecule has 2 aromatic carbocycles. The highest BCUT2D eigenvalue weighted by molar-refractivity contribution is 6.33. The summed E-state index contributed by atoms with van der Waals surface area (Å²) in [7, 11) is 0. The van der Waals surface area contributed by atoms with Crippen LogP contribution >= 0.6 is 11.6 Å². The molecule has 0 aliphatic heterocycles. The maximum absolute atomic E-state index is 14.3. The Kier molecular flexibility index (Phi) is 6.84. The molecule has 4 aromatic rings. The maximum atomic E-state index is 14.3. The Bertz CT molecular complexity index is 1650. The zero-order valence-electron chi connectivity index (χ0n) is 18.5. The van der Waals surface area contributed by atoms with Gasteiger partial charge in [-0.25, -0.2) is 8.78 Å². The molecule has 0 fully saturated rings. The number of nitrogens with zero attached hydrogens (tertiary/aromatic N) is 2. The second kappa shape index (κ2) is 9.64. The Morgan fingerprint density at radius 3 is 2.18 bits per heavy atom. The number of rotatable bonds is 4. The monoisotopic (exact) mass is 558 g/mol. The van der Waals surface area contributed by atoms with Crippen LogP contribution in [0.15, 0.2) is 63.8 Å². The molecule has 0 unspecified atom stereocenters. The highest BCUT2D eigenvalue weighted by atomic mass is 35.5. The van der Waals surface area contributed by atoms with Gasteiger partial charge in [-0.05, 0) is 42.5 Å². The standard InChI is InChI=1S/C25H11ClF8N2O2/c26-18-4-2-13(24(29,30)31)7-15(18)21-5-6-22(38-21)20-9-17(25(32,33)34)16(10-35)23(37)36(20)11-12-1-3-14(27)8-19(12)28/h1-9H,11H2. The van der Waals surface area contributed by atoms with Gasteiger partial charge >= 0.3 is 12.4 Å². The van der Waals surface area contributed by atoms with Gasteiger partial charge in [0.25, 0.3) is 5.56 Å². The molecule has 196 valence electrons. The minimum absolute atomic E-state index is 0.166. The Hall–Kier alpha value is -4.11. The molecule has 38 heavy (non-hydrogen) atoms. The van der Waals surface area contributed by atoms with Crippen LogP contribution in [0.4, 0.5) is 35.1 Å². The van der Waals surface area contributed by atoms with E-state index >= 15 is 0 Å². The number of alkyl halides is 6. The van der Waals surface area contributed by atoms with Crippen molar-refractivity contribution in [2.75, 3.05) is 0 Å². The van der Waals surface area contributed by atoms with Crippen molar-refractivity contribution < 1.29 is 39.5 Å². The number of nitriles is 1. The Balaban J connectivity index is 1.94. The molecule has 4 nitrogen and oxygen atoms in total. The smallest absolute Gasteiger partial charge is 0.417 e. The molecule has 0 aliphatic rings. The minimum atomic E-state index is -5.15. The molecular formula is C25H11ClF8N2O2. The van der Waals surface area contributed by atoms with Crippen LogP contribution in [0.5, 0.6) is 0 Å². The van der Waals surface area contributed by atoms with E-state index in [-0.39, 0.29) is 21.9 Å². The van der Waals surface area contributed by atoms with E-state index in [1.807, 2.05) is 0 Å². The lowest BCUT2D eigenvalue weighted by Gasteiger charge is -2.16. The Morgan fingerprint density at radius 2 is 1.58 bits per heavy atom. The first-order valence-corrected chi connectivity index (χ1v) is 10.7. The molecule has 0 saturated heterocycles. The summed E-state index contributed by atoms with van der Waals surface area (Å²) in [6, 6.07) is 8.49. The SMILES string of the molecule is N#Cc1c(C(F)(F)F)cc(-c2ccc(-c3cc(C(F)(F)F)ccc3Cl)o2)n(Cc2ccc(F)cc2F)c1=O. The van der Waals surface area contributed by atoms with E-state index < -0.39 is 64.2 Å². The lowest BCUT2D eigenvalue weighted by atomic mass is 10.1. The van der Waals surface area contributed by atoms with E-state index in [0.717, 1.165) is 36.4 Å². The summed E-state index contributed by atoms with van der Waals surface area (Å²) >= 11 is 6.02. The molecule has 0 N–H and O–H groups in total. The van der Waals surface area contributed by atoms with Crippen LogP contribution in [0, 0.1) is 23.0 Å². The number of furan rings is 1. The Labute approximate surface area is 212 Å². The molecule has 13 heteroatoms. The van der Waals surface area contributed by atoms with Gasteiger partial charge < -0.3 is 4.42 Å². The zero-order chi connectivity index (χ0) is 28.0. The predicted octanol–water partition coefficient (Wildman–Crippen LogP) is 7.66. The Morgan fingerprint density at radius 1 is 0.895 bits per heavy atom. The lowest BCUT2D eigenvalue weighted by Crippen LogP contribution is -2.29. The van der Waals surface area contributed by atoms with Gasteiger partial charge in [-0.3, -0.25) is 9.36 Å². The van der Waals surface area contributed by atoms with Crippen LogP contribution in [0.25, 0.3) is 22.8 Å². The van der Waals surface area contributed by atoms with Crippen molar-refractivity contribution in [3.05, 3.63) is 104 Å². The van der Waals surface area contributed by atoms with Crippen LogP contribution < -0.4 is 5.56 Å². The molecule has 0 amide bonds. The summed E-state index contributed by atoms with van der Waals surface area (Å²) < 4.78 is 114. The summed E-state index contributed by atoms with van der Waals surface area (Å²) in [6.07, 6.45) is -9.89. The van der Waals surface area contributed by atoms with Crippen LogP contribution in [-0.4, -0.2) is 4.57 Å². The fourth-order valence-electron chi connectivity index (χ4n) is 3.67. The molecule has 0 radical (unpaired) electrons. The molecule has 0 bridgehead atoms. The minimum Gasteiger partial charge on any atom is -0.454 e. The van der Waals surface area contributed by atoms with Crippen molar-refractivity contribution in [3.63, 3.8) is 0 Å². The molecule has 0 aliphatic carbocycles. The second-order valence-electron chi connectivity index (χ2n) is 7.91. The highest BCUT2D eigenvalue weighted by Gasteiger charge is 2.37. The van der Waals surface area contributed by atoms with Crippen LogP contribution in [0.1, 0.15) is 22.3 Å². The van der Waals surface area contributed by atoms with Gasteiger partial charge in [0.05, 0.1) is 28.4 Å². The quantitative estimate of drug-likeness (QED) is 0.242. The van der Waals surface area contributed by atoms with E-state index in [1.54, 1.807) is 0 Å². The lowest BCUT2D eigenvalue weighted by molar-refractivity contribution is -0.138. The highest BCUT2D eigenvalue weighted by Crippen LogP contribution is 2.39. The summed E-state index contributed by atoms with van der Waals surface area (Å²) in [5.41, 5.74) is -6.52. The number of benzene rings is 2. The van der Waals surface area contributed by atoms with E-state index in [9.17, 15) is 45.2 Å². The van der Waals surface area contributed by atoms with Crippen LogP contribution in [-0.2, 0) is 18.9 Å². The molecule has 2 aromatic heterocycles. The van der Waals surface area contributed by atoms with E-state index in [4.69, 9.17) is 16.0 Å². The average Bonchev–Trinajstić information content (AvgIpc) is 3.30. The van der Waals surface area contributed by atoms with Crippen LogP contribution in [0.2, 0.25) is 5.02 Å². The second-order valence-corrected chi connectivity index (χ2v) is 8.32. The third kappa shape index (κ3) is 5.15. The number of aromatic nitrogens is 1. The molecule has 4 rings (SSSR count). The topological polar surface area (TPSA) is 58.9 Å². The summed E-state index contributed by atoms with van der Waals surface area (Å²) in [4.78, 5) is 13.0.